The van der Waals surface area contributed by atoms with E-state index < -0.39 is 11.7 Å². The van der Waals surface area contributed by atoms with Crippen molar-refractivity contribution in [3.8, 4) is 11.5 Å². The monoisotopic (exact) mass is 343 g/mol. The van der Waals surface area contributed by atoms with Crippen LogP contribution < -0.4 is 10.5 Å². The number of primary amides is 1. The van der Waals surface area contributed by atoms with Crippen molar-refractivity contribution in [1.82, 2.24) is 0 Å². The van der Waals surface area contributed by atoms with E-state index in [1.165, 1.54) is 36.4 Å². The van der Waals surface area contributed by atoms with Gasteiger partial charge in [-0.1, -0.05) is 11.6 Å². The van der Waals surface area contributed by atoms with E-state index in [4.69, 9.17) is 22.1 Å². The lowest BCUT2D eigenvalue weighted by atomic mass is 10.2. The minimum absolute atomic E-state index is 0.199. The Morgan fingerprint density at radius 3 is 2.63 bits per heavy atom. The molecule has 0 saturated heterocycles. The van der Waals surface area contributed by atoms with Crippen molar-refractivity contribution < 1.29 is 13.9 Å². The van der Waals surface area contributed by atoms with Crippen LogP contribution in [0.25, 0.3) is 0 Å². The van der Waals surface area contributed by atoms with Crippen molar-refractivity contribution >= 4 is 33.4 Å². The lowest BCUT2D eigenvalue weighted by Gasteiger charge is -2.10. The topological polar surface area (TPSA) is 52.3 Å². The van der Waals surface area contributed by atoms with E-state index in [9.17, 15) is 9.18 Å². The summed E-state index contributed by atoms with van der Waals surface area (Å²) in [6.07, 6.45) is 0. The second-order valence-electron chi connectivity index (χ2n) is 3.68. The number of hydrogen-bond donors (Lipinski definition) is 1. The maximum Gasteiger partial charge on any atom is 0.252 e. The molecule has 0 aromatic heterocycles. The van der Waals surface area contributed by atoms with Crippen molar-refractivity contribution in [2.75, 3.05) is 0 Å². The molecule has 98 valence electrons. The molecule has 19 heavy (non-hydrogen) atoms. The van der Waals surface area contributed by atoms with Gasteiger partial charge in [0.25, 0.3) is 5.91 Å². The van der Waals surface area contributed by atoms with Gasteiger partial charge in [-0.05, 0) is 46.3 Å². The molecule has 2 rings (SSSR count). The zero-order chi connectivity index (χ0) is 14.0. The zero-order valence-electron chi connectivity index (χ0n) is 9.49. The summed E-state index contributed by atoms with van der Waals surface area (Å²) in [7, 11) is 0. The van der Waals surface area contributed by atoms with Crippen LogP contribution in [0, 0.1) is 5.82 Å². The Hall–Kier alpha value is -1.59. The summed E-state index contributed by atoms with van der Waals surface area (Å²) < 4.78 is 18.9. The third kappa shape index (κ3) is 3.24. The first kappa shape index (κ1) is 13.8. The van der Waals surface area contributed by atoms with E-state index in [0.717, 1.165) is 0 Å². The third-order valence-electron chi connectivity index (χ3n) is 2.33. The van der Waals surface area contributed by atoms with Crippen LogP contribution in [0.3, 0.4) is 0 Å². The molecule has 0 unspecified atom stereocenters. The van der Waals surface area contributed by atoms with Crippen LogP contribution in [0.5, 0.6) is 11.5 Å². The number of carbonyl (C=O) groups is 1. The van der Waals surface area contributed by atoms with Crippen LogP contribution >= 0.6 is 27.5 Å². The molecular weight excluding hydrogens is 337 g/mol. The highest BCUT2D eigenvalue weighted by molar-refractivity contribution is 9.10. The highest BCUT2D eigenvalue weighted by atomic mass is 79.9. The van der Waals surface area contributed by atoms with Gasteiger partial charge >= 0.3 is 0 Å². The highest BCUT2D eigenvalue weighted by Crippen LogP contribution is 2.30. The van der Waals surface area contributed by atoms with Crippen LogP contribution in [0.4, 0.5) is 4.39 Å². The molecule has 1 amide bonds. The largest absolute Gasteiger partial charge is 0.456 e. The summed E-state index contributed by atoms with van der Waals surface area (Å²) in [5.41, 5.74) is 5.44. The van der Waals surface area contributed by atoms with Crippen LogP contribution in [0.15, 0.2) is 40.9 Å². The van der Waals surface area contributed by atoms with Crippen molar-refractivity contribution in [3.05, 3.63) is 57.3 Å². The van der Waals surface area contributed by atoms with E-state index in [0.29, 0.717) is 10.8 Å². The van der Waals surface area contributed by atoms with Crippen molar-refractivity contribution in [3.63, 3.8) is 0 Å². The molecule has 2 aromatic rings. The molecule has 0 radical (unpaired) electrons. The van der Waals surface area contributed by atoms with Crippen LogP contribution in [0.1, 0.15) is 10.4 Å². The first-order valence-corrected chi connectivity index (χ1v) is 6.37. The molecule has 0 heterocycles. The molecule has 0 saturated carbocycles. The summed E-state index contributed by atoms with van der Waals surface area (Å²) in [4.78, 5) is 11.3. The molecule has 0 aliphatic heterocycles. The molecule has 0 spiro atoms. The number of halogens is 3. The standard InChI is InChI=1S/C13H8BrClFNO2/c14-10-6-8(2-4-11(10)16)19-12-5-7(15)1-3-9(12)13(17)18/h1-6H,(H2,17,18). The molecule has 3 nitrogen and oxygen atoms in total. The van der Waals surface area contributed by atoms with Gasteiger partial charge in [-0.15, -0.1) is 0 Å². The fourth-order valence-electron chi connectivity index (χ4n) is 1.45. The van der Waals surface area contributed by atoms with Gasteiger partial charge in [0.05, 0.1) is 10.0 Å². The lowest BCUT2D eigenvalue weighted by molar-refractivity contribution is 0.0998. The van der Waals surface area contributed by atoms with Gasteiger partial charge in [0.2, 0.25) is 0 Å². The fraction of sp³-hybridized carbons (Fsp3) is 0. The number of amides is 1. The zero-order valence-corrected chi connectivity index (χ0v) is 11.8. The van der Waals surface area contributed by atoms with Crippen molar-refractivity contribution in [2.24, 2.45) is 5.73 Å². The molecular formula is C13H8BrClFNO2. The minimum Gasteiger partial charge on any atom is -0.456 e. The Balaban J connectivity index is 2.39. The average molecular weight is 345 g/mol. The van der Waals surface area contributed by atoms with Gasteiger partial charge in [0.1, 0.15) is 17.3 Å². The molecule has 2 aromatic carbocycles. The number of ether oxygens (including phenoxy) is 1. The number of rotatable bonds is 3. The fourth-order valence-corrected chi connectivity index (χ4v) is 1.97. The number of hydrogen-bond acceptors (Lipinski definition) is 2. The Kier molecular flexibility index (Phi) is 4.07. The Morgan fingerprint density at radius 2 is 2.00 bits per heavy atom. The van der Waals surface area contributed by atoms with E-state index in [1.54, 1.807) is 0 Å². The maximum atomic E-state index is 13.1. The highest BCUT2D eigenvalue weighted by Gasteiger charge is 2.11. The second-order valence-corrected chi connectivity index (χ2v) is 4.97. The lowest BCUT2D eigenvalue weighted by Crippen LogP contribution is -2.12. The third-order valence-corrected chi connectivity index (χ3v) is 3.17. The SMILES string of the molecule is NC(=O)c1ccc(Cl)cc1Oc1ccc(F)c(Br)c1. The predicted octanol–water partition coefficient (Wildman–Crippen LogP) is 4.13. The van der Waals surface area contributed by atoms with Gasteiger partial charge < -0.3 is 10.5 Å². The van der Waals surface area contributed by atoms with Gasteiger partial charge in [-0.3, -0.25) is 4.79 Å². The van der Waals surface area contributed by atoms with E-state index in [1.807, 2.05) is 0 Å². The molecule has 2 N–H and O–H groups in total. The molecule has 0 bridgehead atoms. The first-order valence-electron chi connectivity index (χ1n) is 5.19. The van der Waals surface area contributed by atoms with Gasteiger partial charge in [-0.2, -0.15) is 0 Å². The predicted molar refractivity (Wildman–Crippen MR) is 74.1 cm³/mol. The first-order chi connectivity index (χ1) is 8.97. The molecule has 0 aliphatic carbocycles. The molecule has 6 heteroatoms. The van der Waals surface area contributed by atoms with E-state index >= 15 is 0 Å². The quantitative estimate of drug-likeness (QED) is 0.910. The molecule has 0 atom stereocenters. The Bertz CT molecular complexity index is 649. The smallest absolute Gasteiger partial charge is 0.252 e. The number of benzene rings is 2. The van der Waals surface area contributed by atoms with E-state index in [2.05, 4.69) is 15.9 Å². The summed E-state index contributed by atoms with van der Waals surface area (Å²) in [5.74, 6) is -0.460. The average Bonchev–Trinajstić information content (AvgIpc) is 2.33. The van der Waals surface area contributed by atoms with Crippen molar-refractivity contribution in [2.45, 2.75) is 0 Å². The molecule has 0 fully saturated rings. The minimum atomic E-state index is -0.632. The van der Waals surface area contributed by atoms with E-state index in [-0.39, 0.29) is 15.8 Å². The second kappa shape index (κ2) is 5.59. The Morgan fingerprint density at radius 1 is 1.26 bits per heavy atom. The van der Waals surface area contributed by atoms with Crippen LogP contribution in [-0.4, -0.2) is 5.91 Å². The van der Waals surface area contributed by atoms with Crippen LogP contribution in [0.2, 0.25) is 5.02 Å². The number of carbonyl (C=O) groups excluding carboxylic acids is 1. The summed E-state index contributed by atoms with van der Waals surface area (Å²) in [5, 5.41) is 0.404. The maximum absolute atomic E-state index is 13.1. The summed E-state index contributed by atoms with van der Waals surface area (Å²) >= 11 is 8.89. The van der Waals surface area contributed by atoms with Gasteiger partial charge in [0, 0.05) is 11.1 Å². The summed E-state index contributed by atoms with van der Waals surface area (Å²) in [6.45, 7) is 0. The summed E-state index contributed by atoms with van der Waals surface area (Å²) in [6, 6.07) is 8.60. The van der Waals surface area contributed by atoms with Crippen LogP contribution in [-0.2, 0) is 0 Å². The molecule has 0 aliphatic rings. The normalized spacial score (nSPS) is 10.3. The van der Waals surface area contributed by atoms with Gasteiger partial charge in [0.15, 0.2) is 0 Å². The number of nitrogens with two attached hydrogens (primary N) is 1. The van der Waals surface area contributed by atoms with Crippen molar-refractivity contribution in [1.29, 1.82) is 0 Å². The van der Waals surface area contributed by atoms with Gasteiger partial charge in [-0.25, -0.2) is 4.39 Å². The Labute approximate surface area is 122 Å².